The van der Waals surface area contributed by atoms with Crippen molar-refractivity contribution in [3.05, 3.63) is 72.9 Å². The van der Waals surface area contributed by atoms with Crippen molar-refractivity contribution in [1.29, 1.82) is 0 Å². The molecule has 0 aliphatic heterocycles. The summed E-state index contributed by atoms with van der Waals surface area (Å²) in [4.78, 5) is 0.126. The van der Waals surface area contributed by atoms with E-state index in [9.17, 15) is 8.42 Å². The summed E-state index contributed by atoms with van der Waals surface area (Å²) >= 11 is 0. The number of nitrogens with zero attached hydrogens (tertiary/aromatic N) is 1. The van der Waals surface area contributed by atoms with Gasteiger partial charge in [0.2, 0.25) is 10.0 Å². The quantitative estimate of drug-likeness (QED) is 0.808. The molecule has 0 radical (unpaired) electrons. The van der Waals surface area contributed by atoms with E-state index in [-0.39, 0.29) is 4.90 Å². The number of hydrogen-bond donors (Lipinski definition) is 1. The van der Waals surface area contributed by atoms with Crippen LogP contribution in [0.25, 0.3) is 16.9 Å². The van der Waals surface area contributed by atoms with E-state index >= 15 is 0 Å². The summed E-state index contributed by atoms with van der Waals surface area (Å²) in [6.07, 6.45) is 1.89. The second-order valence-corrected chi connectivity index (χ2v) is 6.17. The van der Waals surface area contributed by atoms with Crippen LogP contribution in [-0.4, -0.2) is 13.0 Å². The van der Waals surface area contributed by atoms with E-state index in [2.05, 4.69) is 0 Å². The Bertz CT molecular complexity index is 868. The SMILES string of the molecule is NS(=O)(=O)c1ccccc1-c1cccn1-c1ccccc1. The Morgan fingerprint density at radius 3 is 2.19 bits per heavy atom. The topological polar surface area (TPSA) is 65.1 Å². The number of hydrogen-bond acceptors (Lipinski definition) is 2. The van der Waals surface area contributed by atoms with Crippen molar-refractivity contribution in [2.75, 3.05) is 0 Å². The highest BCUT2D eigenvalue weighted by molar-refractivity contribution is 7.89. The van der Waals surface area contributed by atoms with Crippen molar-refractivity contribution in [3.8, 4) is 16.9 Å². The van der Waals surface area contributed by atoms with Crippen LogP contribution in [-0.2, 0) is 10.0 Å². The summed E-state index contributed by atoms with van der Waals surface area (Å²) < 4.78 is 25.5. The van der Waals surface area contributed by atoms with Crippen LogP contribution in [0.2, 0.25) is 0 Å². The highest BCUT2D eigenvalue weighted by Crippen LogP contribution is 2.29. The highest BCUT2D eigenvalue weighted by Gasteiger charge is 2.17. The van der Waals surface area contributed by atoms with Crippen molar-refractivity contribution in [1.82, 2.24) is 4.57 Å². The number of benzene rings is 2. The molecule has 2 N–H and O–H groups in total. The summed E-state index contributed by atoms with van der Waals surface area (Å²) in [6.45, 7) is 0. The molecular weight excluding hydrogens is 284 g/mol. The van der Waals surface area contributed by atoms with Gasteiger partial charge in [-0.1, -0.05) is 36.4 Å². The molecule has 4 nitrogen and oxygen atoms in total. The van der Waals surface area contributed by atoms with Gasteiger partial charge in [-0.3, -0.25) is 0 Å². The van der Waals surface area contributed by atoms with Gasteiger partial charge < -0.3 is 4.57 Å². The summed E-state index contributed by atoms with van der Waals surface area (Å²) in [5.41, 5.74) is 2.33. The van der Waals surface area contributed by atoms with Crippen molar-refractivity contribution in [3.63, 3.8) is 0 Å². The first kappa shape index (κ1) is 13.6. The van der Waals surface area contributed by atoms with Crippen molar-refractivity contribution >= 4 is 10.0 Å². The van der Waals surface area contributed by atoms with Gasteiger partial charge in [0, 0.05) is 17.4 Å². The third-order valence-corrected chi connectivity index (χ3v) is 4.22. The molecule has 0 aliphatic carbocycles. The number of aromatic nitrogens is 1. The van der Waals surface area contributed by atoms with Gasteiger partial charge in [0.15, 0.2) is 0 Å². The molecule has 5 heteroatoms. The molecule has 1 aromatic heterocycles. The van der Waals surface area contributed by atoms with Crippen LogP contribution in [0.3, 0.4) is 0 Å². The predicted molar refractivity (Wildman–Crippen MR) is 82.6 cm³/mol. The summed E-state index contributed by atoms with van der Waals surface area (Å²) in [6, 6.07) is 20.2. The molecule has 0 fully saturated rings. The fourth-order valence-corrected chi connectivity index (χ4v) is 3.09. The third kappa shape index (κ3) is 2.61. The van der Waals surface area contributed by atoms with Crippen LogP contribution < -0.4 is 5.14 Å². The lowest BCUT2D eigenvalue weighted by Gasteiger charge is -2.12. The van der Waals surface area contributed by atoms with Gasteiger partial charge >= 0.3 is 0 Å². The number of nitrogens with two attached hydrogens (primary N) is 1. The molecule has 0 atom stereocenters. The van der Waals surface area contributed by atoms with Crippen LogP contribution in [0.1, 0.15) is 0 Å². The Morgan fingerprint density at radius 1 is 0.810 bits per heavy atom. The number of para-hydroxylation sites is 1. The smallest absolute Gasteiger partial charge is 0.238 e. The molecule has 0 bridgehead atoms. The molecule has 2 aromatic carbocycles. The highest BCUT2D eigenvalue weighted by atomic mass is 32.2. The molecule has 0 saturated heterocycles. The lowest BCUT2D eigenvalue weighted by Crippen LogP contribution is -2.13. The monoisotopic (exact) mass is 298 g/mol. The summed E-state index contributed by atoms with van der Waals surface area (Å²) in [5, 5.41) is 5.32. The van der Waals surface area contributed by atoms with E-state index in [4.69, 9.17) is 5.14 Å². The Labute approximate surface area is 123 Å². The van der Waals surface area contributed by atoms with Crippen LogP contribution in [0.5, 0.6) is 0 Å². The maximum atomic E-state index is 11.8. The first-order valence-corrected chi connectivity index (χ1v) is 7.97. The van der Waals surface area contributed by atoms with Crippen molar-refractivity contribution in [2.45, 2.75) is 4.90 Å². The largest absolute Gasteiger partial charge is 0.317 e. The average Bonchev–Trinajstić information content (AvgIpc) is 2.96. The minimum atomic E-state index is -3.77. The number of sulfonamides is 1. The van der Waals surface area contributed by atoms with E-state index in [0.717, 1.165) is 11.4 Å². The Balaban J connectivity index is 2.23. The van der Waals surface area contributed by atoms with E-state index in [1.54, 1.807) is 18.2 Å². The van der Waals surface area contributed by atoms with Crippen molar-refractivity contribution < 1.29 is 8.42 Å². The molecular formula is C16H14N2O2S. The van der Waals surface area contributed by atoms with Crippen molar-refractivity contribution in [2.24, 2.45) is 5.14 Å². The standard InChI is InChI=1S/C16H14N2O2S/c17-21(19,20)16-11-5-4-9-14(16)15-10-6-12-18(15)13-7-2-1-3-8-13/h1-12H,(H2,17,19,20). The van der Waals surface area contributed by atoms with E-state index in [1.165, 1.54) is 6.07 Å². The first-order valence-electron chi connectivity index (χ1n) is 6.42. The van der Waals surface area contributed by atoms with Gasteiger partial charge in [-0.2, -0.15) is 0 Å². The third-order valence-electron chi connectivity index (χ3n) is 3.25. The minimum Gasteiger partial charge on any atom is -0.317 e. The molecule has 0 aliphatic rings. The Hall–Kier alpha value is -2.37. The van der Waals surface area contributed by atoms with Crippen LogP contribution in [0.4, 0.5) is 0 Å². The first-order chi connectivity index (χ1) is 10.1. The van der Waals surface area contributed by atoms with Gasteiger partial charge in [-0.25, -0.2) is 13.6 Å². The van der Waals surface area contributed by atoms with Gasteiger partial charge in [0.05, 0.1) is 10.6 Å². The van der Waals surface area contributed by atoms with Gasteiger partial charge in [-0.05, 0) is 30.3 Å². The molecule has 21 heavy (non-hydrogen) atoms. The molecule has 0 unspecified atom stereocenters. The Morgan fingerprint density at radius 2 is 1.48 bits per heavy atom. The molecule has 3 rings (SSSR count). The fraction of sp³-hybridized carbons (Fsp3) is 0. The van der Waals surface area contributed by atoms with E-state index in [0.29, 0.717) is 5.56 Å². The zero-order valence-electron chi connectivity index (χ0n) is 11.2. The van der Waals surface area contributed by atoms with Gasteiger partial charge in [0.25, 0.3) is 0 Å². The predicted octanol–water partition coefficient (Wildman–Crippen LogP) is 2.79. The van der Waals surface area contributed by atoms with E-state index in [1.807, 2.05) is 53.2 Å². The molecule has 106 valence electrons. The maximum Gasteiger partial charge on any atom is 0.238 e. The van der Waals surface area contributed by atoms with Gasteiger partial charge in [-0.15, -0.1) is 0 Å². The zero-order chi connectivity index (χ0) is 14.9. The van der Waals surface area contributed by atoms with Gasteiger partial charge in [0.1, 0.15) is 0 Å². The second kappa shape index (κ2) is 5.20. The zero-order valence-corrected chi connectivity index (χ0v) is 12.0. The fourth-order valence-electron chi connectivity index (χ4n) is 2.34. The second-order valence-electron chi connectivity index (χ2n) is 4.64. The number of primary sulfonamides is 1. The molecule has 0 spiro atoms. The lowest BCUT2D eigenvalue weighted by atomic mass is 10.1. The molecule has 0 amide bonds. The normalized spacial score (nSPS) is 11.5. The van der Waals surface area contributed by atoms with E-state index < -0.39 is 10.0 Å². The average molecular weight is 298 g/mol. The number of rotatable bonds is 3. The lowest BCUT2D eigenvalue weighted by molar-refractivity contribution is 0.598. The minimum absolute atomic E-state index is 0.126. The molecule has 0 saturated carbocycles. The van der Waals surface area contributed by atoms with Crippen LogP contribution in [0.15, 0.2) is 77.8 Å². The summed E-state index contributed by atoms with van der Waals surface area (Å²) in [7, 11) is -3.77. The van der Waals surface area contributed by atoms with Crippen LogP contribution in [0, 0.1) is 0 Å². The molecule has 3 aromatic rings. The molecule has 1 heterocycles. The maximum absolute atomic E-state index is 11.8. The summed E-state index contributed by atoms with van der Waals surface area (Å²) in [5.74, 6) is 0. The van der Waals surface area contributed by atoms with Crippen LogP contribution >= 0.6 is 0 Å². The Kier molecular flexibility index (Phi) is 3.37.